The summed E-state index contributed by atoms with van der Waals surface area (Å²) in [4.78, 5) is 28.5. The summed E-state index contributed by atoms with van der Waals surface area (Å²) >= 11 is 3.34. The van der Waals surface area contributed by atoms with Crippen LogP contribution in [0.3, 0.4) is 0 Å². The molecule has 5 nitrogen and oxygen atoms in total. The molecule has 0 fully saturated rings. The van der Waals surface area contributed by atoms with Gasteiger partial charge in [-0.1, -0.05) is 35.8 Å². The van der Waals surface area contributed by atoms with Gasteiger partial charge in [0.15, 0.2) is 0 Å². The Morgan fingerprint density at radius 1 is 1.04 bits per heavy atom. The number of nitrogens with zero attached hydrogens (tertiary/aromatic N) is 1. The van der Waals surface area contributed by atoms with E-state index in [1.54, 1.807) is 30.3 Å². The van der Waals surface area contributed by atoms with E-state index in [9.17, 15) is 9.59 Å². The molecule has 0 bridgehead atoms. The lowest BCUT2D eigenvalue weighted by Gasteiger charge is -2.08. The van der Waals surface area contributed by atoms with Crippen LogP contribution in [0.1, 0.15) is 41.2 Å². The fourth-order valence-corrected chi connectivity index (χ4v) is 2.25. The second-order valence-corrected chi connectivity index (χ2v) is 6.72. The maximum Gasteiger partial charge on any atom is 0.274 e. The third-order valence-corrected chi connectivity index (χ3v) is 3.85. The van der Waals surface area contributed by atoms with Gasteiger partial charge >= 0.3 is 0 Å². The normalized spacial score (nSPS) is 10.5. The molecule has 1 aromatic heterocycles. The van der Waals surface area contributed by atoms with E-state index in [4.69, 9.17) is 0 Å². The quantitative estimate of drug-likeness (QED) is 0.787. The monoisotopic (exact) mass is 389 g/mol. The Labute approximate surface area is 150 Å². The van der Waals surface area contributed by atoms with Crippen molar-refractivity contribution in [1.82, 2.24) is 10.3 Å². The zero-order chi connectivity index (χ0) is 17.5. The highest BCUT2D eigenvalue weighted by Crippen LogP contribution is 2.15. The van der Waals surface area contributed by atoms with Gasteiger partial charge in [-0.3, -0.25) is 9.59 Å². The molecular weight excluding hydrogens is 370 g/mol. The van der Waals surface area contributed by atoms with Crippen molar-refractivity contribution in [3.8, 4) is 0 Å². The van der Waals surface area contributed by atoms with Gasteiger partial charge in [-0.25, -0.2) is 4.98 Å². The maximum atomic E-state index is 12.3. The highest BCUT2D eigenvalue weighted by Gasteiger charge is 2.12. The number of anilines is 1. The van der Waals surface area contributed by atoms with Crippen LogP contribution in [0, 0.1) is 5.92 Å². The third kappa shape index (κ3) is 5.45. The molecule has 1 heterocycles. The van der Waals surface area contributed by atoms with E-state index in [1.807, 2.05) is 12.1 Å². The standard InChI is InChI=1S/C18H20BrN3O2/c1-12(2)10-11-20-17(23)15-4-3-5-16(22-15)18(24)21-14-8-6-13(19)7-9-14/h3-9,12H,10-11H2,1-2H3,(H,20,23)(H,21,24). The molecule has 126 valence electrons. The van der Waals surface area contributed by atoms with E-state index >= 15 is 0 Å². The Morgan fingerprint density at radius 2 is 1.67 bits per heavy atom. The second-order valence-electron chi connectivity index (χ2n) is 5.81. The van der Waals surface area contributed by atoms with Gasteiger partial charge in [0, 0.05) is 16.7 Å². The minimum atomic E-state index is -0.353. The first-order valence-corrected chi connectivity index (χ1v) is 8.57. The Bertz CT molecular complexity index is 714. The molecule has 0 atom stereocenters. The van der Waals surface area contributed by atoms with Crippen molar-refractivity contribution >= 4 is 33.4 Å². The van der Waals surface area contributed by atoms with Gasteiger partial charge in [0.1, 0.15) is 11.4 Å². The first kappa shape index (κ1) is 18.1. The summed E-state index contributed by atoms with van der Waals surface area (Å²) in [7, 11) is 0. The first-order chi connectivity index (χ1) is 11.5. The second kappa shape index (κ2) is 8.59. The number of amides is 2. The molecule has 2 rings (SSSR count). The molecule has 0 aliphatic heterocycles. The van der Waals surface area contributed by atoms with Crippen molar-refractivity contribution in [3.05, 3.63) is 58.3 Å². The van der Waals surface area contributed by atoms with Crippen molar-refractivity contribution in [3.63, 3.8) is 0 Å². The highest BCUT2D eigenvalue weighted by atomic mass is 79.9. The number of hydrogen-bond acceptors (Lipinski definition) is 3. The molecule has 0 radical (unpaired) electrons. The summed E-state index contributed by atoms with van der Waals surface area (Å²) in [6.45, 7) is 4.78. The molecule has 2 N–H and O–H groups in total. The van der Waals surface area contributed by atoms with Crippen LogP contribution in [0.5, 0.6) is 0 Å². The first-order valence-electron chi connectivity index (χ1n) is 7.78. The highest BCUT2D eigenvalue weighted by molar-refractivity contribution is 9.10. The van der Waals surface area contributed by atoms with Crippen molar-refractivity contribution in [2.75, 3.05) is 11.9 Å². The zero-order valence-corrected chi connectivity index (χ0v) is 15.3. The smallest absolute Gasteiger partial charge is 0.274 e. The molecule has 0 spiro atoms. The molecule has 0 unspecified atom stereocenters. The average Bonchev–Trinajstić information content (AvgIpc) is 2.56. The van der Waals surface area contributed by atoms with E-state index in [1.165, 1.54) is 0 Å². The molecule has 1 aromatic carbocycles. The number of carbonyl (C=O) groups is 2. The molecular formula is C18H20BrN3O2. The number of pyridine rings is 1. The molecule has 0 aliphatic rings. The number of rotatable bonds is 6. The molecule has 2 amide bonds. The average molecular weight is 390 g/mol. The van der Waals surface area contributed by atoms with Crippen LogP contribution in [0.2, 0.25) is 0 Å². The van der Waals surface area contributed by atoms with E-state index in [-0.39, 0.29) is 23.2 Å². The molecule has 0 saturated heterocycles. The van der Waals surface area contributed by atoms with Crippen LogP contribution < -0.4 is 10.6 Å². The zero-order valence-electron chi connectivity index (χ0n) is 13.7. The summed E-state index contributed by atoms with van der Waals surface area (Å²) < 4.78 is 0.929. The predicted octanol–water partition coefficient (Wildman–Crippen LogP) is 3.87. The lowest BCUT2D eigenvalue weighted by Crippen LogP contribution is -2.27. The van der Waals surface area contributed by atoms with Crippen molar-refractivity contribution in [2.24, 2.45) is 5.92 Å². The van der Waals surface area contributed by atoms with Crippen LogP contribution in [0.25, 0.3) is 0 Å². The van der Waals surface area contributed by atoms with Crippen LogP contribution in [-0.4, -0.2) is 23.3 Å². The van der Waals surface area contributed by atoms with E-state index in [0.717, 1.165) is 10.9 Å². The molecule has 24 heavy (non-hydrogen) atoms. The Morgan fingerprint density at radius 3 is 2.29 bits per heavy atom. The van der Waals surface area contributed by atoms with E-state index in [0.29, 0.717) is 18.2 Å². The van der Waals surface area contributed by atoms with Gasteiger partial charge in [0.05, 0.1) is 0 Å². The van der Waals surface area contributed by atoms with Crippen LogP contribution in [0.4, 0.5) is 5.69 Å². The molecule has 2 aromatic rings. The summed E-state index contributed by atoms with van der Waals surface area (Å²) in [5, 5.41) is 5.57. The molecule has 6 heteroatoms. The minimum absolute atomic E-state index is 0.203. The van der Waals surface area contributed by atoms with Gasteiger partial charge in [0.2, 0.25) is 0 Å². The minimum Gasteiger partial charge on any atom is -0.351 e. The number of benzene rings is 1. The predicted molar refractivity (Wildman–Crippen MR) is 98.1 cm³/mol. The summed E-state index contributed by atoms with van der Waals surface area (Å²) in [5.74, 6) is -0.107. The third-order valence-electron chi connectivity index (χ3n) is 3.32. The summed E-state index contributed by atoms with van der Waals surface area (Å²) in [6, 6.07) is 12.1. The number of nitrogens with one attached hydrogen (secondary N) is 2. The van der Waals surface area contributed by atoms with Gasteiger partial charge in [-0.05, 0) is 48.7 Å². The molecule has 0 aliphatic carbocycles. The van der Waals surface area contributed by atoms with Crippen LogP contribution in [-0.2, 0) is 0 Å². The SMILES string of the molecule is CC(C)CCNC(=O)c1cccc(C(=O)Nc2ccc(Br)cc2)n1. The maximum absolute atomic E-state index is 12.3. The summed E-state index contributed by atoms with van der Waals surface area (Å²) in [6.07, 6.45) is 0.898. The van der Waals surface area contributed by atoms with Gasteiger partial charge in [0.25, 0.3) is 11.8 Å². The lowest BCUT2D eigenvalue weighted by atomic mass is 10.1. The van der Waals surface area contributed by atoms with Crippen LogP contribution >= 0.6 is 15.9 Å². The topological polar surface area (TPSA) is 71.1 Å². The van der Waals surface area contributed by atoms with Crippen molar-refractivity contribution in [1.29, 1.82) is 0 Å². The van der Waals surface area contributed by atoms with Gasteiger partial charge < -0.3 is 10.6 Å². The number of carbonyl (C=O) groups excluding carboxylic acids is 2. The van der Waals surface area contributed by atoms with Gasteiger partial charge in [-0.2, -0.15) is 0 Å². The molecule has 0 saturated carbocycles. The van der Waals surface area contributed by atoms with Crippen molar-refractivity contribution in [2.45, 2.75) is 20.3 Å². The summed E-state index contributed by atoms with van der Waals surface area (Å²) in [5.41, 5.74) is 1.11. The fraction of sp³-hybridized carbons (Fsp3) is 0.278. The number of halogens is 1. The Hall–Kier alpha value is -2.21. The van der Waals surface area contributed by atoms with E-state index in [2.05, 4.69) is 45.4 Å². The lowest BCUT2D eigenvalue weighted by molar-refractivity contribution is 0.0947. The Kier molecular flexibility index (Phi) is 6.49. The largest absolute Gasteiger partial charge is 0.351 e. The van der Waals surface area contributed by atoms with E-state index < -0.39 is 0 Å². The number of hydrogen-bond donors (Lipinski definition) is 2. The number of aromatic nitrogens is 1. The van der Waals surface area contributed by atoms with Crippen molar-refractivity contribution < 1.29 is 9.59 Å². The fourth-order valence-electron chi connectivity index (χ4n) is 1.98. The van der Waals surface area contributed by atoms with Gasteiger partial charge in [-0.15, -0.1) is 0 Å². The van der Waals surface area contributed by atoms with Crippen LogP contribution in [0.15, 0.2) is 46.9 Å². The Balaban J connectivity index is 2.02.